The molecule has 0 saturated heterocycles. The van der Waals surface area contributed by atoms with Crippen LogP contribution in [0.15, 0.2) is 18.2 Å². The van der Waals surface area contributed by atoms with Crippen molar-refractivity contribution in [1.82, 2.24) is 0 Å². The summed E-state index contributed by atoms with van der Waals surface area (Å²) < 4.78 is 0. The van der Waals surface area contributed by atoms with Gasteiger partial charge in [0.2, 0.25) is 0 Å². The molecule has 0 aromatic heterocycles. The highest BCUT2D eigenvalue weighted by Gasteiger charge is 2.12. The standard InChI is InChI=1S/C15H24O/c1-4-6-9-12(3)14-11-7-10-13(8-5-2)15(14)16/h7,10-12,16H,4-6,8-9H2,1-3H3/t12-/m1/s1. The normalized spacial score (nSPS) is 12.7. The summed E-state index contributed by atoms with van der Waals surface area (Å²) in [6.07, 6.45) is 5.68. The van der Waals surface area contributed by atoms with Crippen molar-refractivity contribution >= 4 is 0 Å². The zero-order valence-corrected chi connectivity index (χ0v) is 10.8. The van der Waals surface area contributed by atoms with Gasteiger partial charge in [0, 0.05) is 0 Å². The van der Waals surface area contributed by atoms with Crippen LogP contribution in [-0.2, 0) is 6.42 Å². The highest BCUT2D eigenvalue weighted by atomic mass is 16.3. The topological polar surface area (TPSA) is 20.2 Å². The van der Waals surface area contributed by atoms with Crippen molar-refractivity contribution in [2.75, 3.05) is 0 Å². The summed E-state index contributed by atoms with van der Waals surface area (Å²) in [5, 5.41) is 10.2. The molecular weight excluding hydrogens is 196 g/mol. The molecule has 0 amide bonds. The molecule has 0 saturated carbocycles. The van der Waals surface area contributed by atoms with Gasteiger partial charge in [-0.15, -0.1) is 0 Å². The van der Waals surface area contributed by atoms with Crippen LogP contribution in [-0.4, -0.2) is 5.11 Å². The van der Waals surface area contributed by atoms with Crippen molar-refractivity contribution in [3.63, 3.8) is 0 Å². The second-order valence-corrected chi connectivity index (χ2v) is 4.65. The molecular formula is C15H24O. The third kappa shape index (κ3) is 3.26. The van der Waals surface area contributed by atoms with Gasteiger partial charge in [0.25, 0.3) is 0 Å². The van der Waals surface area contributed by atoms with Crippen LogP contribution >= 0.6 is 0 Å². The average Bonchev–Trinajstić information content (AvgIpc) is 2.29. The predicted octanol–water partition coefficient (Wildman–Crippen LogP) is 4.64. The summed E-state index contributed by atoms with van der Waals surface area (Å²) >= 11 is 0. The maximum atomic E-state index is 10.2. The first-order valence-corrected chi connectivity index (χ1v) is 6.51. The number of aryl methyl sites for hydroxylation is 1. The van der Waals surface area contributed by atoms with E-state index in [1.165, 1.54) is 19.3 Å². The number of para-hydroxylation sites is 1. The first-order valence-electron chi connectivity index (χ1n) is 6.51. The van der Waals surface area contributed by atoms with Crippen molar-refractivity contribution < 1.29 is 5.11 Å². The van der Waals surface area contributed by atoms with Gasteiger partial charge in [-0.25, -0.2) is 0 Å². The quantitative estimate of drug-likeness (QED) is 0.740. The summed E-state index contributed by atoms with van der Waals surface area (Å²) in [5.74, 6) is 1.00. The van der Waals surface area contributed by atoms with Crippen LogP contribution in [0.3, 0.4) is 0 Å². The molecule has 0 heterocycles. The smallest absolute Gasteiger partial charge is 0.122 e. The molecule has 0 fully saturated rings. The highest BCUT2D eigenvalue weighted by Crippen LogP contribution is 2.32. The number of phenolic OH excluding ortho intramolecular Hbond substituents is 1. The fourth-order valence-electron chi connectivity index (χ4n) is 2.15. The van der Waals surface area contributed by atoms with E-state index >= 15 is 0 Å². The molecule has 0 aliphatic rings. The van der Waals surface area contributed by atoms with Crippen LogP contribution < -0.4 is 0 Å². The minimum Gasteiger partial charge on any atom is -0.507 e. The average molecular weight is 220 g/mol. The number of hydrogen-bond donors (Lipinski definition) is 1. The Morgan fingerprint density at radius 3 is 2.56 bits per heavy atom. The van der Waals surface area contributed by atoms with Gasteiger partial charge in [0.05, 0.1) is 0 Å². The van der Waals surface area contributed by atoms with E-state index in [9.17, 15) is 5.11 Å². The number of hydrogen-bond acceptors (Lipinski definition) is 1. The molecule has 1 atom stereocenters. The second-order valence-electron chi connectivity index (χ2n) is 4.65. The van der Waals surface area contributed by atoms with Crippen molar-refractivity contribution in [1.29, 1.82) is 0 Å². The minimum absolute atomic E-state index is 0.469. The Hall–Kier alpha value is -0.980. The van der Waals surface area contributed by atoms with Crippen molar-refractivity contribution in [2.45, 2.75) is 58.8 Å². The van der Waals surface area contributed by atoms with Crippen LogP contribution in [0.2, 0.25) is 0 Å². The van der Waals surface area contributed by atoms with Gasteiger partial charge in [0.1, 0.15) is 5.75 Å². The van der Waals surface area contributed by atoms with Crippen molar-refractivity contribution in [2.24, 2.45) is 0 Å². The van der Waals surface area contributed by atoms with Crippen molar-refractivity contribution in [3.8, 4) is 5.75 Å². The molecule has 1 nitrogen and oxygen atoms in total. The monoisotopic (exact) mass is 220 g/mol. The van der Waals surface area contributed by atoms with E-state index in [0.29, 0.717) is 11.7 Å². The fraction of sp³-hybridized carbons (Fsp3) is 0.600. The van der Waals surface area contributed by atoms with E-state index < -0.39 is 0 Å². The fourth-order valence-corrected chi connectivity index (χ4v) is 2.15. The summed E-state index contributed by atoms with van der Waals surface area (Å²) in [7, 11) is 0. The van der Waals surface area contributed by atoms with Crippen LogP contribution in [0.5, 0.6) is 5.75 Å². The lowest BCUT2D eigenvalue weighted by Gasteiger charge is -2.15. The zero-order valence-electron chi connectivity index (χ0n) is 10.8. The third-order valence-electron chi connectivity index (χ3n) is 3.19. The van der Waals surface area contributed by atoms with Crippen LogP contribution in [0.25, 0.3) is 0 Å². The lowest BCUT2D eigenvalue weighted by atomic mass is 9.92. The van der Waals surface area contributed by atoms with E-state index in [-0.39, 0.29) is 0 Å². The molecule has 0 radical (unpaired) electrons. The summed E-state index contributed by atoms with van der Waals surface area (Å²) in [5.41, 5.74) is 2.22. The van der Waals surface area contributed by atoms with E-state index in [2.05, 4.69) is 32.9 Å². The molecule has 0 spiro atoms. The SMILES string of the molecule is CCCC[C@@H](C)c1cccc(CCC)c1O. The minimum atomic E-state index is 0.469. The van der Waals surface area contributed by atoms with Crippen LogP contribution in [0, 0.1) is 0 Å². The molecule has 0 aliphatic carbocycles. The third-order valence-corrected chi connectivity index (χ3v) is 3.19. The molecule has 1 aromatic carbocycles. The van der Waals surface area contributed by atoms with Crippen molar-refractivity contribution in [3.05, 3.63) is 29.3 Å². The summed E-state index contributed by atoms with van der Waals surface area (Å²) in [6, 6.07) is 6.17. The Morgan fingerprint density at radius 1 is 1.19 bits per heavy atom. The molecule has 0 unspecified atom stereocenters. The van der Waals surface area contributed by atoms with Gasteiger partial charge in [-0.3, -0.25) is 0 Å². The van der Waals surface area contributed by atoms with Gasteiger partial charge in [-0.1, -0.05) is 58.2 Å². The zero-order chi connectivity index (χ0) is 12.0. The molecule has 1 N–H and O–H groups in total. The number of rotatable bonds is 6. The van der Waals surface area contributed by atoms with Gasteiger partial charge in [0.15, 0.2) is 0 Å². The Morgan fingerprint density at radius 2 is 1.94 bits per heavy atom. The number of phenols is 1. The van der Waals surface area contributed by atoms with E-state index in [0.717, 1.165) is 24.0 Å². The Balaban J connectivity index is 2.82. The van der Waals surface area contributed by atoms with E-state index in [1.54, 1.807) is 0 Å². The molecule has 0 aliphatic heterocycles. The number of unbranched alkanes of at least 4 members (excludes halogenated alkanes) is 1. The second kappa shape index (κ2) is 6.57. The first-order chi connectivity index (χ1) is 7.70. The molecule has 1 heteroatoms. The lowest BCUT2D eigenvalue weighted by molar-refractivity contribution is 0.451. The largest absolute Gasteiger partial charge is 0.507 e. The molecule has 1 rings (SSSR count). The van der Waals surface area contributed by atoms with E-state index in [4.69, 9.17) is 0 Å². The van der Waals surface area contributed by atoms with Gasteiger partial charge >= 0.3 is 0 Å². The number of benzene rings is 1. The van der Waals surface area contributed by atoms with E-state index in [1.807, 2.05) is 6.07 Å². The van der Waals surface area contributed by atoms with Crippen LogP contribution in [0.4, 0.5) is 0 Å². The Kier molecular flexibility index (Phi) is 5.37. The Labute approximate surface area is 99.5 Å². The molecule has 1 aromatic rings. The van der Waals surface area contributed by atoms with Gasteiger partial charge < -0.3 is 5.11 Å². The summed E-state index contributed by atoms with van der Waals surface area (Å²) in [4.78, 5) is 0. The molecule has 90 valence electrons. The van der Waals surface area contributed by atoms with Crippen LogP contribution in [0.1, 0.15) is 63.5 Å². The summed E-state index contributed by atoms with van der Waals surface area (Å²) in [6.45, 7) is 6.56. The van der Waals surface area contributed by atoms with Gasteiger partial charge in [-0.05, 0) is 29.9 Å². The lowest BCUT2D eigenvalue weighted by Crippen LogP contribution is -1.96. The predicted molar refractivity (Wildman–Crippen MR) is 70.0 cm³/mol. The molecule has 0 bridgehead atoms. The first kappa shape index (κ1) is 13.1. The maximum absolute atomic E-state index is 10.2. The Bertz CT molecular complexity index is 317. The highest BCUT2D eigenvalue weighted by molar-refractivity contribution is 5.42. The van der Waals surface area contributed by atoms with Gasteiger partial charge in [-0.2, -0.15) is 0 Å². The molecule has 16 heavy (non-hydrogen) atoms. The maximum Gasteiger partial charge on any atom is 0.122 e. The number of aromatic hydroxyl groups is 1.